The van der Waals surface area contributed by atoms with Gasteiger partial charge in [-0.2, -0.15) is 0 Å². The standard InChI is InChI=1S/C21H22N2O2Si/c1-25-17-11-9-16(10-12-17)15-23-20(13-14-26(2,3)4)22-19-8-6-5-7-18(19)21(23)24/h5-12H,15H2,1-4H3. The van der Waals surface area contributed by atoms with E-state index in [1.165, 1.54) is 0 Å². The number of hydrogen-bond acceptors (Lipinski definition) is 3. The Morgan fingerprint density at radius 3 is 2.42 bits per heavy atom. The van der Waals surface area contributed by atoms with Gasteiger partial charge in [-0.1, -0.05) is 43.9 Å². The number of rotatable bonds is 3. The quantitative estimate of drug-likeness (QED) is 0.527. The normalized spacial score (nSPS) is 11.1. The number of fused-ring (bicyclic) bond motifs is 1. The molecule has 0 saturated heterocycles. The van der Waals surface area contributed by atoms with E-state index < -0.39 is 8.07 Å². The summed E-state index contributed by atoms with van der Waals surface area (Å²) in [5, 5.41) is 0.611. The smallest absolute Gasteiger partial charge is 0.262 e. The number of hydrogen-bond donors (Lipinski definition) is 0. The van der Waals surface area contributed by atoms with Crippen LogP contribution in [0.2, 0.25) is 19.6 Å². The maximum atomic E-state index is 13.0. The number of benzene rings is 2. The van der Waals surface area contributed by atoms with Gasteiger partial charge in [0.1, 0.15) is 13.8 Å². The van der Waals surface area contributed by atoms with Crippen molar-refractivity contribution < 1.29 is 4.74 Å². The molecule has 0 N–H and O–H groups in total. The van der Waals surface area contributed by atoms with Crippen molar-refractivity contribution in [1.29, 1.82) is 0 Å². The Morgan fingerprint density at radius 1 is 1.08 bits per heavy atom. The van der Waals surface area contributed by atoms with Gasteiger partial charge >= 0.3 is 0 Å². The van der Waals surface area contributed by atoms with Crippen LogP contribution in [0.1, 0.15) is 11.4 Å². The van der Waals surface area contributed by atoms with Gasteiger partial charge in [0, 0.05) is 0 Å². The van der Waals surface area contributed by atoms with Crippen molar-refractivity contribution in [2.24, 2.45) is 0 Å². The second kappa shape index (κ2) is 7.18. The molecule has 0 aliphatic rings. The van der Waals surface area contributed by atoms with Crippen molar-refractivity contribution in [3.8, 4) is 17.2 Å². The van der Waals surface area contributed by atoms with Crippen LogP contribution in [-0.4, -0.2) is 24.7 Å². The van der Waals surface area contributed by atoms with Crippen molar-refractivity contribution in [2.45, 2.75) is 26.2 Å². The fourth-order valence-corrected chi connectivity index (χ4v) is 3.05. The molecule has 0 radical (unpaired) electrons. The van der Waals surface area contributed by atoms with Gasteiger partial charge in [0.25, 0.3) is 5.56 Å². The number of para-hydroxylation sites is 1. The van der Waals surface area contributed by atoms with E-state index >= 15 is 0 Å². The van der Waals surface area contributed by atoms with Gasteiger partial charge < -0.3 is 4.74 Å². The van der Waals surface area contributed by atoms with Crippen LogP contribution >= 0.6 is 0 Å². The third-order valence-electron chi connectivity index (χ3n) is 3.91. The minimum absolute atomic E-state index is 0.0636. The van der Waals surface area contributed by atoms with Crippen LogP contribution in [0.4, 0.5) is 0 Å². The molecule has 0 bridgehead atoms. The molecular weight excluding hydrogens is 340 g/mol. The SMILES string of the molecule is COc1ccc(Cn2c(C#C[Si](C)(C)C)nc3ccccc3c2=O)cc1. The average molecular weight is 363 g/mol. The van der Waals surface area contributed by atoms with Crippen molar-refractivity contribution in [2.75, 3.05) is 7.11 Å². The lowest BCUT2D eigenvalue weighted by Crippen LogP contribution is -2.25. The Morgan fingerprint density at radius 2 is 1.77 bits per heavy atom. The molecule has 3 aromatic rings. The molecule has 0 aliphatic heterocycles. The van der Waals surface area contributed by atoms with Gasteiger partial charge in [-0.3, -0.25) is 9.36 Å². The van der Waals surface area contributed by atoms with Gasteiger partial charge in [-0.05, 0) is 35.7 Å². The van der Waals surface area contributed by atoms with Crippen LogP contribution < -0.4 is 10.3 Å². The summed E-state index contributed by atoms with van der Waals surface area (Å²) in [6.07, 6.45) is 0. The maximum absolute atomic E-state index is 13.0. The van der Waals surface area contributed by atoms with E-state index in [1.54, 1.807) is 11.7 Å². The second-order valence-electron chi connectivity index (χ2n) is 7.19. The van der Waals surface area contributed by atoms with Crippen molar-refractivity contribution in [3.05, 3.63) is 70.3 Å². The molecule has 0 saturated carbocycles. The number of ether oxygens (including phenoxy) is 1. The Hall–Kier alpha value is -2.84. The molecule has 3 rings (SSSR count). The molecule has 0 spiro atoms. The average Bonchev–Trinajstić information content (AvgIpc) is 2.62. The molecular formula is C21H22N2O2Si. The van der Waals surface area contributed by atoms with Crippen LogP contribution in [0.15, 0.2) is 53.3 Å². The molecule has 1 heterocycles. The molecule has 132 valence electrons. The van der Waals surface area contributed by atoms with Crippen LogP contribution in [0.3, 0.4) is 0 Å². The lowest BCUT2D eigenvalue weighted by molar-refractivity contribution is 0.414. The van der Waals surface area contributed by atoms with E-state index in [-0.39, 0.29) is 5.56 Å². The molecule has 0 aliphatic carbocycles. The zero-order valence-electron chi connectivity index (χ0n) is 15.5. The number of methoxy groups -OCH3 is 1. The number of aromatic nitrogens is 2. The highest BCUT2D eigenvalue weighted by molar-refractivity contribution is 6.83. The summed E-state index contributed by atoms with van der Waals surface area (Å²) in [6, 6.07) is 15.1. The van der Waals surface area contributed by atoms with Gasteiger partial charge in [-0.15, -0.1) is 5.54 Å². The lowest BCUT2D eigenvalue weighted by atomic mass is 10.2. The van der Waals surface area contributed by atoms with E-state index in [4.69, 9.17) is 4.74 Å². The van der Waals surface area contributed by atoms with E-state index in [1.807, 2.05) is 48.5 Å². The van der Waals surface area contributed by atoms with Crippen LogP contribution in [-0.2, 0) is 6.54 Å². The Balaban J connectivity index is 2.14. The summed E-state index contributed by atoms with van der Waals surface area (Å²) >= 11 is 0. The molecule has 0 amide bonds. The van der Waals surface area contributed by atoms with E-state index in [2.05, 4.69) is 36.1 Å². The van der Waals surface area contributed by atoms with Gasteiger partial charge in [0.15, 0.2) is 5.82 Å². The first kappa shape index (κ1) is 18.0. The zero-order valence-corrected chi connectivity index (χ0v) is 16.5. The Bertz CT molecular complexity index is 1050. The molecule has 26 heavy (non-hydrogen) atoms. The van der Waals surface area contributed by atoms with Crippen molar-refractivity contribution in [3.63, 3.8) is 0 Å². The summed E-state index contributed by atoms with van der Waals surface area (Å²) in [5.74, 6) is 4.48. The molecule has 0 fully saturated rings. The fourth-order valence-electron chi connectivity index (χ4n) is 2.57. The van der Waals surface area contributed by atoms with E-state index in [9.17, 15) is 4.79 Å². The minimum atomic E-state index is -1.59. The lowest BCUT2D eigenvalue weighted by Gasteiger charge is -2.11. The summed E-state index contributed by atoms with van der Waals surface area (Å²) in [6.45, 7) is 6.95. The van der Waals surface area contributed by atoms with Crippen molar-refractivity contribution >= 4 is 19.0 Å². The van der Waals surface area contributed by atoms with E-state index in [0.29, 0.717) is 23.3 Å². The molecule has 4 nitrogen and oxygen atoms in total. The minimum Gasteiger partial charge on any atom is -0.497 e. The predicted molar refractivity (Wildman–Crippen MR) is 108 cm³/mol. The largest absolute Gasteiger partial charge is 0.497 e. The molecule has 1 aromatic heterocycles. The second-order valence-corrected chi connectivity index (χ2v) is 11.9. The predicted octanol–water partition coefficient (Wildman–Crippen LogP) is 3.68. The molecule has 2 aromatic carbocycles. The fraction of sp³-hybridized carbons (Fsp3) is 0.238. The third-order valence-corrected chi connectivity index (χ3v) is 4.79. The van der Waals surface area contributed by atoms with Crippen molar-refractivity contribution in [1.82, 2.24) is 9.55 Å². The van der Waals surface area contributed by atoms with Crippen LogP contribution in [0.25, 0.3) is 10.9 Å². The highest BCUT2D eigenvalue weighted by atomic mass is 28.3. The third kappa shape index (κ3) is 4.03. The summed E-state index contributed by atoms with van der Waals surface area (Å²) in [4.78, 5) is 17.7. The summed E-state index contributed by atoms with van der Waals surface area (Å²) < 4.78 is 6.87. The van der Waals surface area contributed by atoms with Crippen LogP contribution in [0.5, 0.6) is 5.75 Å². The Labute approximate surface area is 154 Å². The first-order valence-electron chi connectivity index (χ1n) is 8.53. The molecule has 5 heteroatoms. The number of nitrogens with zero attached hydrogens (tertiary/aromatic N) is 2. The highest BCUT2D eigenvalue weighted by Crippen LogP contribution is 2.14. The summed E-state index contributed by atoms with van der Waals surface area (Å²) in [7, 11) is 0.0505. The molecule has 0 unspecified atom stereocenters. The highest BCUT2D eigenvalue weighted by Gasteiger charge is 2.12. The van der Waals surface area contributed by atoms with Gasteiger partial charge in [0.05, 0.1) is 24.6 Å². The van der Waals surface area contributed by atoms with Gasteiger partial charge in [-0.25, -0.2) is 4.98 Å². The maximum Gasteiger partial charge on any atom is 0.262 e. The van der Waals surface area contributed by atoms with Gasteiger partial charge in [0.2, 0.25) is 0 Å². The monoisotopic (exact) mass is 362 g/mol. The zero-order chi connectivity index (χ0) is 18.7. The topological polar surface area (TPSA) is 44.1 Å². The van der Waals surface area contributed by atoms with Crippen LogP contribution in [0, 0.1) is 11.5 Å². The first-order chi connectivity index (χ1) is 12.4. The molecule has 0 atom stereocenters. The first-order valence-corrected chi connectivity index (χ1v) is 12.0. The van der Waals surface area contributed by atoms with E-state index in [0.717, 1.165) is 11.3 Å². The Kier molecular flexibility index (Phi) is 4.96. The summed E-state index contributed by atoms with van der Waals surface area (Å²) in [5.41, 5.74) is 4.94.